The van der Waals surface area contributed by atoms with Crippen LogP contribution in [0, 0.1) is 0 Å². The van der Waals surface area contributed by atoms with Gasteiger partial charge in [-0.05, 0) is 30.7 Å². The van der Waals surface area contributed by atoms with Gasteiger partial charge in [0.15, 0.2) is 22.4 Å². The average Bonchev–Trinajstić information content (AvgIpc) is 3.24. The van der Waals surface area contributed by atoms with E-state index in [9.17, 15) is 9.59 Å². The summed E-state index contributed by atoms with van der Waals surface area (Å²) >= 11 is 1.23. The molecule has 3 aromatic rings. The first kappa shape index (κ1) is 22.7. The fourth-order valence-corrected chi connectivity index (χ4v) is 4.14. The monoisotopic (exact) mass is 468 g/mol. The largest absolute Gasteiger partial charge is 0.486 e. The molecule has 4 rings (SSSR count). The van der Waals surface area contributed by atoms with Crippen molar-refractivity contribution < 1.29 is 23.8 Å². The smallest absolute Gasteiger partial charge is 0.417 e. The highest BCUT2D eigenvalue weighted by molar-refractivity contribution is 7.99. The molecule has 1 atom stereocenters. The van der Waals surface area contributed by atoms with Crippen molar-refractivity contribution in [3.8, 4) is 17.5 Å². The van der Waals surface area contributed by atoms with Gasteiger partial charge in [0, 0.05) is 19.7 Å². The van der Waals surface area contributed by atoms with Gasteiger partial charge in [-0.2, -0.15) is 0 Å². The first-order valence-corrected chi connectivity index (χ1v) is 11.4. The number of benzene rings is 2. The SMILES string of the molecule is C[C@@H](c1ccccc1)n1c(OC(=O)N(C)C)nnc1SCC(=O)c1ccc2c(c1)OCCO2. The second-order valence-corrected chi connectivity index (χ2v) is 8.50. The van der Waals surface area contributed by atoms with E-state index in [1.165, 1.54) is 16.7 Å². The number of nitrogens with zero attached hydrogens (tertiary/aromatic N) is 4. The van der Waals surface area contributed by atoms with Crippen molar-refractivity contribution in [2.75, 3.05) is 33.1 Å². The highest BCUT2D eigenvalue weighted by Gasteiger charge is 2.24. The molecule has 0 unspecified atom stereocenters. The van der Waals surface area contributed by atoms with Gasteiger partial charge in [-0.3, -0.25) is 9.36 Å². The van der Waals surface area contributed by atoms with E-state index < -0.39 is 6.09 Å². The van der Waals surface area contributed by atoms with E-state index in [0.29, 0.717) is 35.4 Å². The van der Waals surface area contributed by atoms with Crippen molar-refractivity contribution in [1.29, 1.82) is 0 Å². The molecule has 0 fully saturated rings. The number of thioether (sulfide) groups is 1. The minimum atomic E-state index is -0.562. The molecule has 0 saturated heterocycles. The van der Waals surface area contributed by atoms with Gasteiger partial charge in [0.1, 0.15) is 13.2 Å². The predicted octanol–water partition coefficient (Wildman–Crippen LogP) is 3.69. The Morgan fingerprint density at radius 1 is 1.09 bits per heavy atom. The molecule has 1 aromatic heterocycles. The Morgan fingerprint density at radius 3 is 2.55 bits per heavy atom. The molecule has 1 aliphatic rings. The van der Waals surface area contributed by atoms with Crippen LogP contribution < -0.4 is 14.2 Å². The van der Waals surface area contributed by atoms with Crippen LogP contribution in [0.15, 0.2) is 53.7 Å². The first-order valence-electron chi connectivity index (χ1n) is 10.4. The number of fused-ring (bicyclic) bond motifs is 1. The van der Waals surface area contributed by atoms with E-state index in [1.807, 2.05) is 37.3 Å². The van der Waals surface area contributed by atoms with E-state index in [1.54, 1.807) is 36.9 Å². The third-order valence-electron chi connectivity index (χ3n) is 5.04. The highest BCUT2D eigenvalue weighted by Crippen LogP contribution is 2.33. The van der Waals surface area contributed by atoms with Crippen LogP contribution in [0.3, 0.4) is 0 Å². The summed E-state index contributed by atoms with van der Waals surface area (Å²) in [6.07, 6.45) is -0.562. The lowest BCUT2D eigenvalue weighted by Crippen LogP contribution is -2.27. The van der Waals surface area contributed by atoms with Crippen molar-refractivity contribution in [3.63, 3.8) is 0 Å². The van der Waals surface area contributed by atoms with Crippen molar-refractivity contribution in [2.45, 2.75) is 18.1 Å². The zero-order chi connectivity index (χ0) is 23.4. The van der Waals surface area contributed by atoms with Gasteiger partial charge in [-0.25, -0.2) is 4.79 Å². The number of ketones is 1. The molecular formula is C23H24N4O5S. The summed E-state index contributed by atoms with van der Waals surface area (Å²) in [5.41, 5.74) is 1.51. The van der Waals surface area contributed by atoms with Crippen LogP contribution in [0.2, 0.25) is 0 Å². The molecule has 0 radical (unpaired) electrons. The van der Waals surface area contributed by atoms with Gasteiger partial charge in [0.25, 0.3) is 0 Å². The minimum Gasteiger partial charge on any atom is -0.486 e. The molecule has 33 heavy (non-hydrogen) atoms. The number of aromatic nitrogens is 3. The zero-order valence-electron chi connectivity index (χ0n) is 18.6. The van der Waals surface area contributed by atoms with Crippen LogP contribution in [0.25, 0.3) is 0 Å². The molecule has 0 spiro atoms. The van der Waals surface area contributed by atoms with Gasteiger partial charge in [-0.1, -0.05) is 47.2 Å². The van der Waals surface area contributed by atoms with Gasteiger partial charge >= 0.3 is 12.1 Å². The van der Waals surface area contributed by atoms with Crippen LogP contribution in [0.4, 0.5) is 4.79 Å². The summed E-state index contributed by atoms with van der Waals surface area (Å²) < 4.78 is 18.2. The number of hydrogen-bond donors (Lipinski definition) is 0. The molecule has 1 aliphatic heterocycles. The zero-order valence-corrected chi connectivity index (χ0v) is 19.4. The maximum absolute atomic E-state index is 12.9. The quantitative estimate of drug-likeness (QED) is 0.383. The van der Waals surface area contributed by atoms with Crippen LogP contribution >= 0.6 is 11.8 Å². The van der Waals surface area contributed by atoms with Gasteiger partial charge in [0.2, 0.25) is 0 Å². The van der Waals surface area contributed by atoms with Crippen molar-refractivity contribution in [1.82, 2.24) is 19.7 Å². The fourth-order valence-electron chi connectivity index (χ4n) is 3.24. The van der Waals surface area contributed by atoms with Gasteiger partial charge in [0.05, 0.1) is 11.8 Å². The lowest BCUT2D eigenvalue weighted by molar-refractivity contribution is 0.102. The fraction of sp³-hybridized carbons (Fsp3) is 0.304. The molecule has 2 aromatic carbocycles. The van der Waals surface area contributed by atoms with E-state index in [-0.39, 0.29) is 23.6 Å². The number of ether oxygens (including phenoxy) is 3. The number of amides is 1. The van der Waals surface area contributed by atoms with Crippen LogP contribution in [0.1, 0.15) is 28.9 Å². The molecule has 0 aliphatic carbocycles. The Hall–Kier alpha value is -3.53. The predicted molar refractivity (Wildman–Crippen MR) is 122 cm³/mol. The Balaban J connectivity index is 1.56. The van der Waals surface area contributed by atoms with Crippen molar-refractivity contribution >= 4 is 23.6 Å². The lowest BCUT2D eigenvalue weighted by Gasteiger charge is -2.19. The van der Waals surface area contributed by atoms with Crippen molar-refractivity contribution in [2.24, 2.45) is 0 Å². The van der Waals surface area contributed by atoms with E-state index >= 15 is 0 Å². The molecule has 1 amide bonds. The second-order valence-electron chi connectivity index (χ2n) is 7.55. The third-order valence-corrected chi connectivity index (χ3v) is 5.99. The number of Topliss-reactive ketones (excluding diaryl/α,β-unsaturated/α-hetero) is 1. The summed E-state index contributed by atoms with van der Waals surface area (Å²) in [6.45, 7) is 2.90. The number of carbonyl (C=O) groups is 2. The molecule has 172 valence electrons. The Kier molecular flexibility index (Phi) is 6.83. The molecule has 2 heterocycles. The molecule has 0 saturated carbocycles. The number of carbonyl (C=O) groups excluding carboxylic acids is 2. The molecule has 10 heteroatoms. The summed E-state index contributed by atoms with van der Waals surface area (Å²) in [5, 5.41) is 8.73. The molecular weight excluding hydrogens is 444 g/mol. The maximum Gasteiger partial charge on any atom is 0.417 e. The normalized spacial score (nSPS) is 13.3. The van der Waals surface area contributed by atoms with Crippen LogP contribution in [-0.4, -0.2) is 64.6 Å². The Bertz CT molecular complexity index is 1150. The van der Waals surface area contributed by atoms with E-state index in [2.05, 4.69) is 10.2 Å². The first-order chi connectivity index (χ1) is 15.9. The minimum absolute atomic E-state index is 0.0688. The van der Waals surface area contributed by atoms with Gasteiger partial charge < -0.3 is 19.1 Å². The second kappa shape index (κ2) is 9.95. The van der Waals surface area contributed by atoms with E-state index in [0.717, 1.165) is 5.56 Å². The molecule has 0 bridgehead atoms. The van der Waals surface area contributed by atoms with E-state index in [4.69, 9.17) is 14.2 Å². The van der Waals surface area contributed by atoms with Crippen molar-refractivity contribution in [3.05, 3.63) is 59.7 Å². The topological polar surface area (TPSA) is 95.8 Å². The number of hydrogen-bond acceptors (Lipinski definition) is 8. The molecule has 9 nitrogen and oxygen atoms in total. The standard InChI is InChI=1S/C23H24N4O5S/c1-15(16-7-5-4-6-8-16)27-21(32-23(29)26(2)3)24-25-22(27)33-14-18(28)17-9-10-19-20(13-17)31-12-11-30-19/h4-10,13,15H,11-12,14H2,1-3H3/t15-/m0/s1. The van der Waals surface area contributed by atoms with Gasteiger partial charge in [-0.15, -0.1) is 5.10 Å². The number of rotatable bonds is 7. The Morgan fingerprint density at radius 2 is 1.82 bits per heavy atom. The summed E-state index contributed by atoms with van der Waals surface area (Å²) in [5.74, 6) is 1.23. The summed E-state index contributed by atoms with van der Waals surface area (Å²) in [7, 11) is 3.18. The average molecular weight is 469 g/mol. The summed E-state index contributed by atoms with van der Waals surface area (Å²) in [6, 6.07) is 14.7. The summed E-state index contributed by atoms with van der Waals surface area (Å²) in [4.78, 5) is 26.3. The van der Waals surface area contributed by atoms with Crippen LogP contribution in [-0.2, 0) is 0 Å². The third kappa shape index (κ3) is 5.11. The van der Waals surface area contributed by atoms with Crippen LogP contribution in [0.5, 0.6) is 17.5 Å². The Labute approximate surface area is 195 Å². The maximum atomic E-state index is 12.9. The molecule has 0 N–H and O–H groups in total. The lowest BCUT2D eigenvalue weighted by atomic mass is 10.1. The highest BCUT2D eigenvalue weighted by atomic mass is 32.2.